The molecular formula is C10H10BrClO2. The van der Waals surface area contributed by atoms with Crippen molar-refractivity contribution in [2.45, 2.75) is 13.3 Å². The van der Waals surface area contributed by atoms with Crippen molar-refractivity contribution in [1.82, 2.24) is 0 Å². The summed E-state index contributed by atoms with van der Waals surface area (Å²) in [6.45, 7) is 1.53. The number of Topliss-reactive ketones (excluding diaryl/α,β-unsaturated/α-hetero) is 1. The van der Waals surface area contributed by atoms with Crippen molar-refractivity contribution in [2.75, 3.05) is 7.11 Å². The van der Waals surface area contributed by atoms with Crippen molar-refractivity contribution in [3.8, 4) is 5.75 Å². The summed E-state index contributed by atoms with van der Waals surface area (Å²) in [5.41, 5.74) is 0.791. The molecule has 0 bridgehead atoms. The van der Waals surface area contributed by atoms with Crippen LogP contribution in [0.2, 0.25) is 5.02 Å². The summed E-state index contributed by atoms with van der Waals surface area (Å²) in [5, 5.41) is 0.577. The molecule has 0 radical (unpaired) electrons. The van der Waals surface area contributed by atoms with E-state index >= 15 is 0 Å². The molecule has 1 aromatic rings. The SMILES string of the molecule is COc1cc(CC(C)=O)c(Cl)cc1Br. The van der Waals surface area contributed by atoms with E-state index in [1.54, 1.807) is 19.2 Å². The number of ketones is 1. The van der Waals surface area contributed by atoms with Gasteiger partial charge in [0.25, 0.3) is 0 Å². The molecular weight excluding hydrogens is 267 g/mol. The minimum Gasteiger partial charge on any atom is -0.496 e. The van der Waals surface area contributed by atoms with Gasteiger partial charge < -0.3 is 4.74 Å². The average molecular weight is 278 g/mol. The van der Waals surface area contributed by atoms with Crippen LogP contribution in [0.3, 0.4) is 0 Å². The quantitative estimate of drug-likeness (QED) is 0.848. The fraction of sp³-hybridized carbons (Fsp3) is 0.300. The summed E-state index contributed by atoms with van der Waals surface area (Å²) in [5.74, 6) is 0.766. The Labute approximate surface area is 96.3 Å². The van der Waals surface area contributed by atoms with Gasteiger partial charge in [0.1, 0.15) is 11.5 Å². The summed E-state index contributed by atoms with van der Waals surface area (Å²) >= 11 is 9.28. The number of benzene rings is 1. The summed E-state index contributed by atoms with van der Waals surface area (Å²) < 4.78 is 5.89. The lowest BCUT2D eigenvalue weighted by Gasteiger charge is -2.07. The van der Waals surface area contributed by atoms with Gasteiger partial charge >= 0.3 is 0 Å². The van der Waals surface area contributed by atoms with Crippen molar-refractivity contribution in [2.24, 2.45) is 0 Å². The van der Waals surface area contributed by atoms with Gasteiger partial charge in [0.15, 0.2) is 0 Å². The Bertz CT molecular complexity index is 363. The van der Waals surface area contributed by atoms with Crippen LogP contribution in [0.5, 0.6) is 5.75 Å². The lowest BCUT2D eigenvalue weighted by Crippen LogP contribution is -1.98. The number of halogens is 2. The molecule has 76 valence electrons. The molecule has 14 heavy (non-hydrogen) atoms. The van der Waals surface area contributed by atoms with E-state index < -0.39 is 0 Å². The predicted octanol–water partition coefficient (Wildman–Crippen LogP) is 3.24. The number of ether oxygens (including phenoxy) is 1. The van der Waals surface area contributed by atoms with Gasteiger partial charge in [-0.2, -0.15) is 0 Å². The molecule has 0 aliphatic heterocycles. The lowest BCUT2D eigenvalue weighted by molar-refractivity contribution is -0.116. The van der Waals surface area contributed by atoms with Gasteiger partial charge in [0.05, 0.1) is 11.6 Å². The molecule has 0 aliphatic carbocycles. The third-order valence-electron chi connectivity index (χ3n) is 1.76. The van der Waals surface area contributed by atoms with Crippen LogP contribution in [0.15, 0.2) is 16.6 Å². The van der Waals surface area contributed by atoms with E-state index in [2.05, 4.69) is 15.9 Å². The maximum absolute atomic E-state index is 10.9. The van der Waals surface area contributed by atoms with Crippen LogP contribution in [0.1, 0.15) is 12.5 Å². The maximum Gasteiger partial charge on any atom is 0.134 e. The van der Waals surface area contributed by atoms with Crippen molar-refractivity contribution in [1.29, 1.82) is 0 Å². The average Bonchev–Trinajstić information content (AvgIpc) is 2.09. The largest absolute Gasteiger partial charge is 0.496 e. The maximum atomic E-state index is 10.9. The molecule has 0 fully saturated rings. The molecule has 1 aromatic carbocycles. The first-order valence-corrected chi connectivity index (χ1v) is 5.23. The highest BCUT2D eigenvalue weighted by Crippen LogP contribution is 2.31. The smallest absolute Gasteiger partial charge is 0.134 e. The zero-order valence-corrected chi connectivity index (χ0v) is 10.3. The Morgan fingerprint density at radius 3 is 2.71 bits per heavy atom. The Hall–Kier alpha value is -0.540. The molecule has 0 saturated heterocycles. The lowest BCUT2D eigenvalue weighted by atomic mass is 10.1. The number of rotatable bonds is 3. The van der Waals surface area contributed by atoms with E-state index in [9.17, 15) is 4.79 Å². The molecule has 0 N–H and O–H groups in total. The first-order chi connectivity index (χ1) is 6.54. The van der Waals surface area contributed by atoms with E-state index in [4.69, 9.17) is 16.3 Å². The molecule has 0 aliphatic rings. The van der Waals surface area contributed by atoms with E-state index in [1.807, 2.05) is 0 Å². The second-order valence-electron chi connectivity index (χ2n) is 2.96. The van der Waals surface area contributed by atoms with Gasteiger partial charge in [-0.15, -0.1) is 0 Å². The molecule has 4 heteroatoms. The van der Waals surface area contributed by atoms with E-state index in [1.165, 1.54) is 6.92 Å². The summed E-state index contributed by atoms with van der Waals surface area (Å²) in [6, 6.07) is 3.51. The van der Waals surface area contributed by atoms with E-state index in [0.29, 0.717) is 17.2 Å². The van der Waals surface area contributed by atoms with Gasteiger partial charge in [-0.05, 0) is 40.5 Å². The highest BCUT2D eigenvalue weighted by Gasteiger charge is 2.08. The van der Waals surface area contributed by atoms with Crippen LogP contribution >= 0.6 is 27.5 Å². The molecule has 0 heterocycles. The third kappa shape index (κ3) is 2.72. The van der Waals surface area contributed by atoms with E-state index in [0.717, 1.165) is 10.0 Å². The molecule has 1 rings (SSSR count). The molecule has 0 aromatic heterocycles. The molecule has 0 spiro atoms. The highest BCUT2D eigenvalue weighted by atomic mass is 79.9. The standard InChI is InChI=1S/C10H10BrClO2/c1-6(13)3-7-4-10(14-2)8(11)5-9(7)12/h4-5H,3H2,1-2H3. The van der Waals surface area contributed by atoms with Crippen molar-refractivity contribution < 1.29 is 9.53 Å². The predicted molar refractivity (Wildman–Crippen MR) is 60.1 cm³/mol. The van der Waals surface area contributed by atoms with E-state index in [-0.39, 0.29) is 5.78 Å². The van der Waals surface area contributed by atoms with Gasteiger partial charge in [-0.1, -0.05) is 11.6 Å². The Balaban J connectivity index is 3.10. The molecule has 0 atom stereocenters. The number of carbonyl (C=O) groups excluding carboxylic acids is 1. The molecule has 0 amide bonds. The second-order valence-corrected chi connectivity index (χ2v) is 4.22. The van der Waals surface area contributed by atoms with Crippen LogP contribution in [0.25, 0.3) is 0 Å². The number of carbonyl (C=O) groups is 1. The normalized spacial score (nSPS) is 10.0. The zero-order chi connectivity index (χ0) is 10.7. The van der Waals surface area contributed by atoms with Crippen molar-refractivity contribution in [3.05, 3.63) is 27.2 Å². The summed E-state index contributed by atoms with van der Waals surface area (Å²) in [7, 11) is 1.57. The van der Waals surface area contributed by atoms with Gasteiger partial charge in [-0.25, -0.2) is 0 Å². The van der Waals surface area contributed by atoms with Crippen LogP contribution in [0.4, 0.5) is 0 Å². The first kappa shape index (κ1) is 11.5. The highest BCUT2D eigenvalue weighted by molar-refractivity contribution is 9.10. The van der Waals surface area contributed by atoms with Crippen LogP contribution in [-0.2, 0) is 11.2 Å². The zero-order valence-electron chi connectivity index (χ0n) is 7.93. The summed E-state index contributed by atoms with van der Waals surface area (Å²) in [4.78, 5) is 10.9. The van der Waals surface area contributed by atoms with Crippen LogP contribution < -0.4 is 4.74 Å². The minimum atomic E-state index is 0.0799. The number of hydrogen-bond acceptors (Lipinski definition) is 2. The Morgan fingerprint density at radius 1 is 1.57 bits per heavy atom. The van der Waals surface area contributed by atoms with Gasteiger partial charge in [0.2, 0.25) is 0 Å². The first-order valence-electron chi connectivity index (χ1n) is 4.06. The molecule has 0 unspecified atom stereocenters. The van der Waals surface area contributed by atoms with Gasteiger partial charge in [0, 0.05) is 11.4 Å². The summed E-state index contributed by atoms with van der Waals surface area (Å²) in [6.07, 6.45) is 0.336. The topological polar surface area (TPSA) is 26.3 Å². The van der Waals surface area contributed by atoms with Crippen LogP contribution in [-0.4, -0.2) is 12.9 Å². The Kier molecular flexibility index (Phi) is 3.96. The second kappa shape index (κ2) is 4.80. The fourth-order valence-corrected chi connectivity index (χ4v) is 2.00. The monoisotopic (exact) mass is 276 g/mol. The number of methoxy groups -OCH3 is 1. The van der Waals surface area contributed by atoms with Crippen LogP contribution in [0, 0.1) is 0 Å². The van der Waals surface area contributed by atoms with Gasteiger partial charge in [-0.3, -0.25) is 4.79 Å². The van der Waals surface area contributed by atoms with Crippen molar-refractivity contribution >= 4 is 33.3 Å². The van der Waals surface area contributed by atoms with Crippen molar-refractivity contribution in [3.63, 3.8) is 0 Å². The Morgan fingerprint density at radius 2 is 2.21 bits per heavy atom. The molecule has 2 nitrogen and oxygen atoms in total. The fourth-order valence-electron chi connectivity index (χ4n) is 1.13. The third-order valence-corrected chi connectivity index (χ3v) is 2.73. The number of hydrogen-bond donors (Lipinski definition) is 0. The minimum absolute atomic E-state index is 0.0799. The molecule has 0 saturated carbocycles.